The standard InChI is InChI=1S/C18H21ClN6S/c1-11-9-12(19)3-4-13(11)26-14-10-21-15-16(22-14)24-17(23-15)25-7-5-18(2,20)6-8-25/h3-4,9-10H,5-8,20H2,1-2H3,(H,21,22,23,24). The Bertz CT molecular complexity index is 944. The number of aryl methyl sites for hydroxylation is 1. The van der Waals surface area contributed by atoms with E-state index >= 15 is 0 Å². The highest BCUT2D eigenvalue weighted by Gasteiger charge is 2.27. The quantitative estimate of drug-likeness (QED) is 0.710. The third kappa shape index (κ3) is 3.65. The van der Waals surface area contributed by atoms with Gasteiger partial charge in [0.25, 0.3) is 0 Å². The Balaban J connectivity index is 1.56. The summed E-state index contributed by atoms with van der Waals surface area (Å²) in [5.74, 6) is 0.820. The van der Waals surface area contributed by atoms with Crippen LogP contribution in [0.1, 0.15) is 25.3 Å². The van der Waals surface area contributed by atoms with Crippen molar-refractivity contribution in [1.29, 1.82) is 0 Å². The largest absolute Gasteiger partial charge is 0.342 e. The molecule has 0 atom stereocenters. The van der Waals surface area contributed by atoms with Gasteiger partial charge in [-0.2, -0.15) is 4.98 Å². The molecule has 1 fully saturated rings. The highest BCUT2D eigenvalue weighted by molar-refractivity contribution is 7.99. The lowest BCUT2D eigenvalue weighted by molar-refractivity contribution is 0.362. The van der Waals surface area contributed by atoms with Crippen LogP contribution in [0, 0.1) is 6.92 Å². The summed E-state index contributed by atoms with van der Waals surface area (Å²) in [6.45, 7) is 5.92. The van der Waals surface area contributed by atoms with Gasteiger partial charge >= 0.3 is 0 Å². The molecule has 0 amide bonds. The Kier molecular flexibility index (Phi) is 4.54. The number of hydrogen-bond acceptors (Lipinski definition) is 6. The van der Waals surface area contributed by atoms with Gasteiger partial charge in [0.2, 0.25) is 5.95 Å². The summed E-state index contributed by atoms with van der Waals surface area (Å²) in [5, 5.41) is 1.55. The number of rotatable bonds is 3. The average molecular weight is 389 g/mol. The fourth-order valence-corrected chi connectivity index (χ4v) is 4.08. The van der Waals surface area contributed by atoms with E-state index in [2.05, 4.69) is 31.8 Å². The van der Waals surface area contributed by atoms with Crippen LogP contribution in [0.25, 0.3) is 11.3 Å². The molecule has 2 aromatic heterocycles. The summed E-state index contributed by atoms with van der Waals surface area (Å²) in [7, 11) is 0. The molecule has 26 heavy (non-hydrogen) atoms. The maximum Gasteiger partial charge on any atom is 0.206 e. The minimum Gasteiger partial charge on any atom is -0.342 e. The number of piperidine rings is 1. The van der Waals surface area contributed by atoms with Crippen LogP contribution in [0.2, 0.25) is 5.02 Å². The molecule has 1 saturated heterocycles. The van der Waals surface area contributed by atoms with E-state index in [1.165, 1.54) is 0 Å². The van der Waals surface area contributed by atoms with E-state index in [9.17, 15) is 0 Å². The first-order valence-electron chi connectivity index (χ1n) is 8.60. The molecule has 0 bridgehead atoms. The number of hydrogen-bond donors (Lipinski definition) is 2. The van der Waals surface area contributed by atoms with Gasteiger partial charge in [-0.05, 0) is 50.5 Å². The molecule has 8 heteroatoms. The van der Waals surface area contributed by atoms with E-state index in [0.717, 1.165) is 52.4 Å². The summed E-state index contributed by atoms with van der Waals surface area (Å²) >= 11 is 7.59. The molecule has 4 rings (SSSR count). The predicted molar refractivity (Wildman–Crippen MR) is 106 cm³/mol. The van der Waals surface area contributed by atoms with Crippen LogP contribution in [0.5, 0.6) is 0 Å². The zero-order valence-corrected chi connectivity index (χ0v) is 16.4. The second kappa shape index (κ2) is 6.72. The van der Waals surface area contributed by atoms with Gasteiger partial charge in [0.1, 0.15) is 5.03 Å². The van der Waals surface area contributed by atoms with Gasteiger partial charge in [0.15, 0.2) is 11.3 Å². The van der Waals surface area contributed by atoms with Gasteiger partial charge in [-0.1, -0.05) is 23.4 Å². The Hall–Kier alpha value is -1.83. The van der Waals surface area contributed by atoms with Gasteiger partial charge in [0, 0.05) is 28.5 Å². The molecule has 3 heterocycles. The Morgan fingerprint density at radius 3 is 2.77 bits per heavy atom. The van der Waals surface area contributed by atoms with Crippen molar-refractivity contribution in [2.75, 3.05) is 18.0 Å². The van der Waals surface area contributed by atoms with Crippen molar-refractivity contribution in [1.82, 2.24) is 19.9 Å². The summed E-state index contributed by atoms with van der Waals surface area (Å²) in [6, 6.07) is 5.84. The summed E-state index contributed by atoms with van der Waals surface area (Å²) in [6.07, 6.45) is 3.67. The summed E-state index contributed by atoms with van der Waals surface area (Å²) in [4.78, 5) is 20.4. The fraction of sp³-hybridized carbons (Fsp3) is 0.389. The maximum atomic E-state index is 6.21. The minimum atomic E-state index is -0.0841. The van der Waals surface area contributed by atoms with Crippen LogP contribution in [-0.2, 0) is 0 Å². The first-order chi connectivity index (χ1) is 12.4. The second-order valence-corrected chi connectivity index (χ2v) is 8.59. The average Bonchev–Trinajstić information content (AvgIpc) is 3.00. The third-order valence-corrected chi connectivity index (χ3v) is 6.05. The number of nitrogens with one attached hydrogen (secondary N) is 1. The first kappa shape index (κ1) is 17.6. The van der Waals surface area contributed by atoms with E-state index in [1.807, 2.05) is 25.1 Å². The molecule has 0 aliphatic carbocycles. The lowest BCUT2D eigenvalue weighted by Crippen LogP contribution is -2.48. The van der Waals surface area contributed by atoms with Crippen molar-refractivity contribution in [3.8, 4) is 0 Å². The lowest BCUT2D eigenvalue weighted by atomic mass is 9.91. The van der Waals surface area contributed by atoms with Crippen molar-refractivity contribution in [3.05, 3.63) is 35.0 Å². The lowest BCUT2D eigenvalue weighted by Gasteiger charge is -2.36. The van der Waals surface area contributed by atoms with Gasteiger partial charge in [-0.15, -0.1) is 0 Å². The SMILES string of the molecule is Cc1cc(Cl)ccc1Sc1cnc2[nH]c(N3CCC(C)(N)CC3)nc2n1. The maximum absolute atomic E-state index is 6.21. The van der Waals surface area contributed by atoms with Crippen molar-refractivity contribution in [2.24, 2.45) is 5.73 Å². The Labute approximate surface area is 161 Å². The van der Waals surface area contributed by atoms with Gasteiger partial charge in [-0.25, -0.2) is 9.97 Å². The zero-order valence-electron chi connectivity index (χ0n) is 14.8. The second-order valence-electron chi connectivity index (χ2n) is 7.09. The molecule has 0 radical (unpaired) electrons. The predicted octanol–water partition coefficient (Wildman–Crippen LogP) is 3.78. The number of nitrogens with two attached hydrogens (primary N) is 1. The minimum absolute atomic E-state index is 0.0841. The van der Waals surface area contributed by atoms with Crippen LogP contribution in [0.3, 0.4) is 0 Å². The number of nitrogens with zero attached hydrogens (tertiary/aromatic N) is 4. The summed E-state index contributed by atoms with van der Waals surface area (Å²) in [5.41, 5.74) is 8.59. The number of halogens is 1. The highest BCUT2D eigenvalue weighted by Crippen LogP contribution is 2.31. The molecular formula is C18H21ClN6S. The zero-order chi connectivity index (χ0) is 18.3. The molecule has 136 valence electrons. The molecule has 1 aromatic carbocycles. The molecule has 1 aliphatic heterocycles. The van der Waals surface area contributed by atoms with E-state index in [4.69, 9.17) is 17.3 Å². The first-order valence-corrected chi connectivity index (χ1v) is 9.80. The number of aromatic nitrogens is 4. The molecule has 6 nitrogen and oxygen atoms in total. The van der Waals surface area contributed by atoms with Gasteiger partial charge < -0.3 is 15.6 Å². The number of aromatic amines is 1. The number of fused-ring (bicyclic) bond motifs is 1. The van der Waals surface area contributed by atoms with Gasteiger partial charge in [-0.3, -0.25) is 0 Å². The molecule has 1 aliphatic rings. The topological polar surface area (TPSA) is 83.7 Å². The van der Waals surface area contributed by atoms with Crippen LogP contribution in [0.15, 0.2) is 34.3 Å². The normalized spacial score (nSPS) is 17.0. The third-order valence-electron chi connectivity index (χ3n) is 4.73. The van der Waals surface area contributed by atoms with Crippen LogP contribution in [-0.4, -0.2) is 38.6 Å². The molecule has 0 saturated carbocycles. The fourth-order valence-electron chi connectivity index (χ4n) is 3.03. The van der Waals surface area contributed by atoms with Crippen LogP contribution in [0.4, 0.5) is 5.95 Å². The van der Waals surface area contributed by atoms with E-state index in [-0.39, 0.29) is 5.54 Å². The molecule has 0 unspecified atom stereocenters. The van der Waals surface area contributed by atoms with Crippen molar-refractivity contribution in [3.63, 3.8) is 0 Å². The number of benzene rings is 1. The van der Waals surface area contributed by atoms with E-state index < -0.39 is 0 Å². The van der Waals surface area contributed by atoms with Gasteiger partial charge in [0.05, 0.1) is 6.20 Å². The summed E-state index contributed by atoms with van der Waals surface area (Å²) < 4.78 is 0. The van der Waals surface area contributed by atoms with E-state index in [0.29, 0.717) is 11.3 Å². The Morgan fingerprint density at radius 2 is 2.04 bits per heavy atom. The number of H-pyrrole nitrogens is 1. The Morgan fingerprint density at radius 1 is 1.27 bits per heavy atom. The van der Waals surface area contributed by atoms with Crippen molar-refractivity contribution < 1.29 is 0 Å². The smallest absolute Gasteiger partial charge is 0.206 e. The monoisotopic (exact) mass is 388 g/mol. The number of anilines is 1. The van der Waals surface area contributed by atoms with Crippen molar-refractivity contribution >= 4 is 40.6 Å². The van der Waals surface area contributed by atoms with Crippen LogP contribution < -0.4 is 10.6 Å². The van der Waals surface area contributed by atoms with Crippen LogP contribution >= 0.6 is 23.4 Å². The molecule has 0 spiro atoms. The van der Waals surface area contributed by atoms with E-state index in [1.54, 1.807) is 18.0 Å². The van der Waals surface area contributed by atoms with Crippen molar-refractivity contribution in [2.45, 2.75) is 42.1 Å². The molecule has 3 N–H and O–H groups in total. The number of imidazole rings is 1. The highest BCUT2D eigenvalue weighted by atomic mass is 35.5. The molecular weight excluding hydrogens is 368 g/mol. The molecule has 3 aromatic rings.